The first-order valence-electron chi connectivity index (χ1n) is 6.27. The lowest BCUT2D eigenvalue weighted by Crippen LogP contribution is -2.34. The average molecular weight is 244 g/mol. The molecular formula is C12H24N2O3. The standard InChI is InChI=1S/C12H24N2O3/c1-2-3-4-5-6-7-8-10(12(14)16)17-9-11(13)15/h10H,2-9H2,1H3,(H2,13,15)(H2,14,16). The van der Waals surface area contributed by atoms with Crippen LogP contribution in [0.25, 0.3) is 0 Å². The van der Waals surface area contributed by atoms with E-state index in [-0.39, 0.29) is 6.61 Å². The van der Waals surface area contributed by atoms with Gasteiger partial charge in [-0.1, -0.05) is 45.4 Å². The Bertz CT molecular complexity index is 232. The maximum atomic E-state index is 11.0. The molecule has 0 radical (unpaired) electrons. The SMILES string of the molecule is CCCCCCCCC(OCC(N)=O)C(N)=O. The van der Waals surface area contributed by atoms with E-state index in [1.54, 1.807) is 0 Å². The molecule has 0 bridgehead atoms. The molecule has 2 amide bonds. The van der Waals surface area contributed by atoms with Gasteiger partial charge in [0.25, 0.3) is 0 Å². The highest BCUT2D eigenvalue weighted by Crippen LogP contribution is 2.10. The fourth-order valence-electron chi connectivity index (χ4n) is 1.60. The highest BCUT2D eigenvalue weighted by molar-refractivity contribution is 5.80. The minimum absolute atomic E-state index is 0.247. The molecule has 0 aromatic rings. The zero-order valence-electron chi connectivity index (χ0n) is 10.6. The molecule has 4 N–H and O–H groups in total. The van der Waals surface area contributed by atoms with Crippen LogP contribution in [0.15, 0.2) is 0 Å². The summed E-state index contributed by atoms with van der Waals surface area (Å²) in [6, 6.07) is 0. The second-order valence-electron chi connectivity index (χ2n) is 4.22. The molecule has 0 aliphatic rings. The number of amides is 2. The summed E-state index contributed by atoms with van der Waals surface area (Å²) in [4.78, 5) is 21.5. The lowest BCUT2D eigenvalue weighted by atomic mass is 10.1. The molecule has 0 aromatic carbocycles. The van der Waals surface area contributed by atoms with Gasteiger partial charge in [0.1, 0.15) is 12.7 Å². The van der Waals surface area contributed by atoms with Crippen LogP contribution in [0.2, 0.25) is 0 Å². The summed E-state index contributed by atoms with van der Waals surface area (Å²) in [6.07, 6.45) is 6.67. The second kappa shape index (κ2) is 10.1. The average Bonchev–Trinajstić information content (AvgIpc) is 2.26. The van der Waals surface area contributed by atoms with E-state index in [1.165, 1.54) is 19.3 Å². The molecule has 5 heteroatoms. The fraction of sp³-hybridized carbons (Fsp3) is 0.833. The van der Waals surface area contributed by atoms with Crippen LogP contribution in [0, 0.1) is 0 Å². The summed E-state index contributed by atoms with van der Waals surface area (Å²) >= 11 is 0. The van der Waals surface area contributed by atoms with Gasteiger partial charge in [0, 0.05) is 0 Å². The van der Waals surface area contributed by atoms with Crippen LogP contribution in [-0.2, 0) is 14.3 Å². The Balaban J connectivity index is 3.63. The van der Waals surface area contributed by atoms with Crippen molar-refractivity contribution in [2.45, 2.75) is 58.0 Å². The summed E-state index contributed by atoms with van der Waals surface area (Å²) in [5.74, 6) is -1.11. The monoisotopic (exact) mass is 244 g/mol. The van der Waals surface area contributed by atoms with E-state index >= 15 is 0 Å². The van der Waals surface area contributed by atoms with Crippen molar-refractivity contribution < 1.29 is 14.3 Å². The number of hydrogen-bond donors (Lipinski definition) is 2. The molecule has 0 saturated carbocycles. The molecule has 0 aliphatic carbocycles. The Morgan fingerprint density at radius 3 is 2.18 bits per heavy atom. The molecule has 1 atom stereocenters. The van der Waals surface area contributed by atoms with E-state index in [0.29, 0.717) is 6.42 Å². The van der Waals surface area contributed by atoms with Crippen LogP contribution in [0.5, 0.6) is 0 Å². The number of primary amides is 2. The highest BCUT2D eigenvalue weighted by atomic mass is 16.5. The number of unbranched alkanes of at least 4 members (excludes halogenated alkanes) is 5. The van der Waals surface area contributed by atoms with Gasteiger partial charge in [-0.25, -0.2) is 0 Å². The predicted octanol–water partition coefficient (Wildman–Crippen LogP) is 1.09. The van der Waals surface area contributed by atoms with Crippen LogP contribution in [0.1, 0.15) is 51.9 Å². The van der Waals surface area contributed by atoms with E-state index in [1.807, 2.05) is 0 Å². The maximum absolute atomic E-state index is 11.0. The molecule has 5 nitrogen and oxygen atoms in total. The Hall–Kier alpha value is -1.10. The molecule has 0 spiro atoms. The Morgan fingerprint density at radius 1 is 1.06 bits per heavy atom. The minimum Gasteiger partial charge on any atom is -0.368 e. The number of nitrogens with two attached hydrogens (primary N) is 2. The number of rotatable bonds is 11. The summed E-state index contributed by atoms with van der Waals surface area (Å²) in [7, 11) is 0. The quantitative estimate of drug-likeness (QED) is 0.532. The van der Waals surface area contributed by atoms with Crippen LogP contribution in [0.4, 0.5) is 0 Å². The largest absolute Gasteiger partial charge is 0.368 e. The number of hydrogen-bond acceptors (Lipinski definition) is 3. The van der Waals surface area contributed by atoms with Crippen LogP contribution in [0.3, 0.4) is 0 Å². The van der Waals surface area contributed by atoms with Crippen LogP contribution in [-0.4, -0.2) is 24.5 Å². The molecule has 0 rings (SSSR count). The van der Waals surface area contributed by atoms with Gasteiger partial charge in [-0.3, -0.25) is 9.59 Å². The van der Waals surface area contributed by atoms with Gasteiger partial charge in [-0.2, -0.15) is 0 Å². The van der Waals surface area contributed by atoms with Crippen LogP contribution < -0.4 is 11.5 Å². The van der Waals surface area contributed by atoms with E-state index in [2.05, 4.69) is 6.92 Å². The molecule has 0 aliphatic heterocycles. The number of ether oxygens (including phenoxy) is 1. The second-order valence-corrected chi connectivity index (χ2v) is 4.22. The molecule has 0 fully saturated rings. The van der Waals surface area contributed by atoms with Crippen molar-refractivity contribution in [2.24, 2.45) is 11.5 Å². The molecule has 0 saturated heterocycles. The van der Waals surface area contributed by atoms with Gasteiger partial charge in [0.2, 0.25) is 11.8 Å². The van der Waals surface area contributed by atoms with Crippen LogP contribution >= 0.6 is 0 Å². The smallest absolute Gasteiger partial charge is 0.246 e. The highest BCUT2D eigenvalue weighted by Gasteiger charge is 2.16. The fourth-order valence-corrected chi connectivity index (χ4v) is 1.60. The van der Waals surface area contributed by atoms with Gasteiger partial charge in [-0.15, -0.1) is 0 Å². The molecule has 17 heavy (non-hydrogen) atoms. The zero-order chi connectivity index (χ0) is 13.1. The first-order valence-corrected chi connectivity index (χ1v) is 6.27. The first-order chi connectivity index (χ1) is 8.07. The lowest BCUT2D eigenvalue weighted by molar-refractivity contribution is -0.134. The Morgan fingerprint density at radius 2 is 1.65 bits per heavy atom. The number of carbonyl (C=O) groups is 2. The van der Waals surface area contributed by atoms with Gasteiger partial charge < -0.3 is 16.2 Å². The third-order valence-electron chi connectivity index (χ3n) is 2.56. The zero-order valence-corrected chi connectivity index (χ0v) is 10.6. The molecule has 0 aromatic heterocycles. The molecular weight excluding hydrogens is 220 g/mol. The third kappa shape index (κ3) is 9.81. The molecule has 0 heterocycles. The van der Waals surface area contributed by atoms with Crippen molar-refractivity contribution in [3.63, 3.8) is 0 Å². The van der Waals surface area contributed by atoms with Crippen molar-refractivity contribution in [3.05, 3.63) is 0 Å². The minimum atomic E-state index is -0.686. The van der Waals surface area contributed by atoms with Crippen molar-refractivity contribution in [1.82, 2.24) is 0 Å². The van der Waals surface area contributed by atoms with Gasteiger partial charge in [0.05, 0.1) is 0 Å². The van der Waals surface area contributed by atoms with E-state index in [9.17, 15) is 9.59 Å². The van der Waals surface area contributed by atoms with Gasteiger partial charge >= 0.3 is 0 Å². The summed E-state index contributed by atoms with van der Waals surface area (Å²) in [5, 5.41) is 0. The van der Waals surface area contributed by atoms with Crippen molar-refractivity contribution in [1.29, 1.82) is 0 Å². The van der Waals surface area contributed by atoms with E-state index in [0.717, 1.165) is 19.3 Å². The van der Waals surface area contributed by atoms with Crippen molar-refractivity contribution >= 4 is 11.8 Å². The summed E-state index contributed by atoms with van der Waals surface area (Å²) in [6.45, 7) is 1.92. The third-order valence-corrected chi connectivity index (χ3v) is 2.56. The summed E-state index contributed by atoms with van der Waals surface area (Å²) in [5.41, 5.74) is 10.1. The Kier molecular flexibility index (Phi) is 9.43. The predicted molar refractivity (Wildman–Crippen MR) is 66.1 cm³/mol. The number of carbonyl (C=O) groups excluding carboxylic acids is 2. The maximum Gasteiger partial charge on any atom is 0.246 e. The summed E-state index contributed by atoms with van der Waals surface area (Å²) < 4.78 is 5.04. The topological polar surface area (TPSA) is 95.4 Å². The van der Waals surface area contributed by atoms with Crippen molar-refractivity contribution in [3.8, 4) is 0 Å². The van der Waals surface area contributed by atoms with Gasteiger partial charge in [0.15, 0.2) is 0 Å². The lowest BCUT2D eigenvalue weighted by Gasteiger charge is -2.13. The van der Waals surface area contributed by atoms with E-state index in [4.69, 9.17) is 16.2 Å². The normalized spacial score (nSPS) is 12.3. The van der Waals surface area contributed by atoms with Gasteiger partial charge in [-0.05, 0) is 6.42 Å². The van der Waals surface area contributed by atoms with E-state index < -0.39 is 17.9 Å². The van der Waals surface area contributed by atoms with Crippen molar-refractivity contribution in [2.75, 3.05) is 6.61 Å². The first kappa shape index (κ1) is 15.9. The molecule has 100 valence electrons. The molecule has 1 unspecified atom stereocenters. The Labute approximate surface area is 103 Å².